The van der Waals surface area contributed by atoms with Crippen LogP contribution in [0.2, 0.25) is 5.02 Å². The van der Waals surface area contributed by atoms with Crippen molar-refractivity contribution < 1.29 is 5.11 Å². The fourth-order valence-corrected chi connectivity index (χ4v) is 2.19. The molecule has 1 N–H and O–H groups in total. The molecule has 4 heteroatoms. The molecule has 3 nitrogen and oxygen atoms in total. The van der Waals surface area contributed by atoms with Crippen molar-refractivity contribution in [3.63, 3.8) is 0 Å². The minimum absolute atomic E-state index is 0.170. The van der Waals surface area contributed by atoms with Crippen molar-refractivity contribution in [3.05, 3.63) is 65.7 Å². The van der Waals surface area contributed by atoms with Crippen LogP contribution in [0.25, 0.3) is 10.8 Å². The smallest absolute Gasteiger partial charge is 0.118 e. The number of hydrogen-bond acceptors (Lipinski definition) is 3. The van der Waals surface area contributed by atoms with Gasteiger partial charge in [0.1, 0.15) is 5.75 Å². The summed E-state index contributed by atoms with van der Waals surface area (Å²) in [4.78, 5) is 0. The number of phenols is 1. The molecule has 0 fully saturated rings. The average molecular weight is 283 g/mol. The number of rotatable bonds is 2. The zero-order valence-corrected chi connectivity index (χ0v) is 11.2. The van der Waals surface area contributed by atoms with Gasteiger partial charge in [-0.3, -0.25) is 0 Å². The molecule has 0 amide bonds. The summed E-state index contributed by atoms with van der Waals surface area (Å²) < 4.78 is 0. The molecule has 0 aromatic heterocycles. The first-order valence-electron chi connectivity index (χ1n) is 6.11. The third-order valence-corrected chi connectivity index (χ3v) is 3.14. The molecule has 3 aromatic carbocycles. The van der Waals surface area contributed by atoms with Gasteiger partial charge in [-0.25, -0.2) is 0 Å². The summed E-state index contributed by atoms with van der Waals surface area (Å²) in [6.45, 7) is 0. The van der Waals surface area contributed by atoms with Crippen LogP contribution in [0.3, 0.4) is 0 Å². The third kappa shape index (κ3) is 2.63. The van der Waals surface area contributed by atoms with Gasteiger partial charge in [0.25, 0.3) is 0 Å². The summed E-state index contributed by atoms with van der Waals surface area (Å²) in [5.41, 5.74) is 1.30. The van der Waals surface area contributed by atoms with Gasteiger partial charge in [0.05, 0.1) is 11.4 Å². The van der Waals surface area contributed by atoms with E-state index in [4.69, 9.17) is 11.6 Å². The first kappa shape index (κ1) is 12.6. The van der Waals surface area contributed by atoms with Crippen LogP contribution in [0, 0.1) is 0 Å². The maximum atomic E-state index is 9.73. The maximum absolute atomic E-state index is 9.73. The van der Waals surface area contributed by atoms with Crippen LogP contribution in [-0.2, 0) is 0 Å². The van der Waals surface area contributed by atoms with Crippen LogP contribution in [0.4, 0.5) is 11.4 Å². The standard InChI is InChI=1S/C16H11ClN2O/c17-12-5-3-6-13(9-12)18-19-16-10-14(20)8-11-4-1-2-7-15(11)16/h1-10,20H. The summed E-state index contributed by atoms with van der Waals surface area (Å²) >= 11 is 5.91. The van der Waals surface area contributed by atoms with Crippen LogP contribution in [0.1, 0.15) is 0 Å². The second-order valence-corrected chi connectivity index (χ2v) is 4.80. The van der Waals surface area contributed by atoms with Crippen molar-refractivity contribution in [1.82, 2.24) is 0 Å². The molecule has 0 aliphatic carbocycles. The highest BCUT2D eigenvalue weighted by molar-refractivity contribution is 6.30. The topological polar surface area (TPSA) is 45.0 Å². The highest BCUT2D eigenvalue weighted by atomic mass is 35.5. The van der Waals surface area contributed by atoms with Gasteiger partial charge in [-0.05, 0) is 29.7 Å². The van der Waals surface area contributed by atoms with Gasteiger partial charge in [-0.15, -0.1) is 5.11 Å². The number of phenolic OH excluding ortho intramolecular Hbond substituents is 1. The highest BCUT2D eigenvalue weighted by Gasteiger charge is 2.02. The van der Waals surface area contributed by atoms with Crippen LogP contribution >= 0.6 is 11.6 Å². The van der Waals surface area contributed by atoms with Gasteiger partial charge < -0.3 is 5.11 Å². The van der Waals surface area contributed by atoms with Crippen molar-refractivity contribution in [1.29, 1.82) is 0 Å². The molecule has 0 radical (unpaired) electrons. The Bertz CT molecular complexity index is 799. The molecule has 0 saturated carbocycles. The molecule has 98 valence electrons. The van der Waals surface area contributed by atoms with Crippen LogP contribution in [0.5, 0.6) is 5.75 Å². The molecule has 0 bridgehead atoms. The van der Waals surface area contributed by atoms with Gasteiger partial charge in [0, 0.05) is 16.5 Å². The maximum Gasteiger partial charge on any atom is 0.118 e. The lowest BCUT2D eigenvalue weighted by Crippen LogP contribution is -1.74. The number of benzene rings is 3. The summed E-state index contributed by atoms with van der Waals surface area (Å²) in [7, 11) is 0. The summed E-state index contributed by atoms with van der Waals surface area (Å²) in [5, 5.41) is 20.6. The van der Waals surface area contributed by atoms with Gasteiger partial charge >= 0.3 is 0 Å². The number of fused-ring (bicyclic) bond motifs is 1. The van der Waals surface area contributed by atoms with Gasteiger partial charge in [-0.1, -0.05) is 41.9 Å². The van der Waals surface area contributed by atoms with E-state index in [0.717, 1.165) is 10.8 Å². The van der Waals surface area contributed by atoms with E-state index in [2.05, 4.69) is 10.2 Å². The number of nitrogens with zero attached hydrogens (tertiary/aromatic N) is 2. The highest BCUT2D eigenvalue weighted by Crippen LogP contribution is 2.32. The monoisotopic (exact) mass is 282 g/mol. The molecule has 3 aromatic rings. The van der Waals surface area contributed by atoms with Crippen LogP contribution in [0.15, 0.2) is 70.9 Å². The molecule has 0 saturated heterocycles. The fourth-order valence-electron chi connectivity index (χ4n) is 2.01. The number of halogens is 1. The van der Waals surface area contributed by atoms with E-state index >= 15 is 0 Å². The summed E-state index contributed by atoms with van der Waals surface area (Å²) in [5.74, 6) is 0.170. The van der Waals surface area contributed by atoms with Crippen molar-refractivity contribution in [2.45, 2.75) is 0 Å². The van der Waals surface area contributed by atoms with Crippen LogP contribution < -0.4 is 0 Å². The lowest BCUT2D eigenvalue weighted by molar-refractivity contribution is 0.476. The first-order valence-corrected chi connectivity index (χ1v) is 6.49. The Morgan fingerprint density at radius 2 is 1.70 bits per heavy atom. The minimum atomic E-state index is 0.170. The van der Waals surface area contributed by atoms with E-state index in [1.54, 1.807) is 24.3 Å². The Balaban J connectivity index is 2.06. The van der Waals surface area contributed by atoms with Crippen LogP contribution in [-0.4, -0.2) is 5.11 Å². The van der Waals surface area contributed by atoms with E-state index in [1.807, 2.05) is 36.4 Å². The molecule has 0 aliphatic heterocycles. The predicted octanol–water partition coefficient (Wildman–Crippen LogP) is 5.61. The average Bonchev–Trinajstić information content (AvgIpc) is 2.44. The Hall–Kier alpha value is -2.39. The summed E-state index contributed by atoms with van der Waals surface area (Å²) in [6, 6.07) is 18.2. The lowest BCUT2D eigenvalue weighted by Gasteiger charge is -2.02. The van der Waals surface area contributed by atoms with E-state index < -0.39 is 0 Å². The second kappa shape index (κ2) is 5.31. The largest absolute Gasteiger partial charge is 0.508 e. The van der Waals surface area contributed by atoms with E-state index in [-0.39, 0.29) is 5.75 Å². The lowest BCUT2D eigenvalue weighted by atomic mass is 10.1. The molecule has 3 rings (SSSR count). The second-order valence-electron chi connectivity index (χ2n) is 4.37. The van der Waals surface area contributed by atoms with E-state index in [9.17, 15) is 5.11 Å². The zero-order chi connectivity index (χ0) is 13.9. The number of aromatic hydroxyl groups is 1. The van der Waals surface area contributed by atoms with Crippen molar-refractivity contribution in [3.8, 4) is 5.75 Å². The number of hydrogen-bond donors (Lipinski definition) is 1. The Morgan fingerprint density at radius 3 is 2.55 bits per heavy atom. The van der Waals surface area contributed by atoms with Crippen molar-refractivity contribution in [2.24, 2.45) is 10.2 Å². The molecule has 0 atom stereocenters. The van der Waals surface area contributed by atoms with Gasteiger partial charge in [0.2, 0.25) is 0 Å². The van der Waals surface area contributed by atoms with Crippen molar-refractivity contribution >= 4 is 33.7 Å². The quantitative estimate of drug-likeness (QED) is 0.610. The van der Waals surface area contributed by atoms with Gasteiger partial charge in [0.15, 0.2) is 0 Å². The molecule has 0 heterocycles. The first-order chi connectivity index (χ1) is 9.72. The molecular weight excluding hydrogens is 272 g/mol. The Morgan fingerprint density at radius 1 is 0.850 bits per heavy atom. The Kier molecular flexibility index (Phi) is 3.35. The molecule has 20 heavy (non-hydrogen) atoms. The third-order valence-electron chi connectivity index (χ3n) is 2.91. The minimum Gasteiger partial charge on any atom is -0.508 e. The zero-order valence-electron chi connectivity index (χ0n) is 10.5. The molecule has 0 unspecified atom stereocenters. The predicted molar refractivity (Wildman–Crippen MR) is 81.2 cm³/mol. The fraction of sp³-hybridized carbons (Fsp3) is 0. The molecular formula is C16H11ClN2O. The number of azo groups is 1. The van der Waals surface area contributed by atoms with E-state index in [1.165, 1.54) is 0 Å². The SMILES string of the molecule is Oc1cc(N=Nc2cccc(Cl)c2)c2ccccc2c1. The molecule has 0 aliphatic rings. The normalized spacial score (nSPS) is 11.2. The summed E-state index contributed by atoms with van der Waals surface area (Å²) in [6.07, 6.45) is 0. The van der Waals surface area contributed by atoms with Gasteiger partial charge in [-0.2, -0.15) is 5.11 Å². The Labute approximate surface area is 121 Å². The van der Waals surface area contributed by atoms with E-state index in [0.29, 0.717) is 16.4 Å². The molecule has 0 spiro atoms. The van der Waals surface area contributed by atoms with Crippen molar-refractivity contribution in [2.75, 3.05) is 0 Å².